The summed E-state index contributed by atoms with van der Waals surface area (Å²) in [4.78, 5) is 0. The quantitative estimate of drug-likeness (QED) is 0.249. The molecule has 0 unspecified atom stereocenters. The van der Waals surface area contributed by atoms with Crippen LogP contribution >= 0.6 is 0 Å². The molecule has 190 valence electrons. The highest BCUT2D eigenvalue weighted by molar-refractivity contribution is 5.80. The molecule has 0 nitrogen and oxygen atoms in total. The Balaban J connectivity index is 2.58. The molecule has 0 radical (unpaired) electrons. The van der Waals surface area contributed by atoms with Crippen LogP contribution in [0.5, 0.6) is 0 Å². The van der Waals surface area contributed by atoms with Gasteiger partial charge in [0.05, 0.1) is 0 Å². The lowest BCUT2D eigenvalue weighted by Gasteiger charge is -2.32. The fourth-order valence-corrected chi connectivity index (χ4v) is 3.17. The fraction of sp³-hybridized carbons (Fsp3) is 0.385. The number of hydrogen-bond donors (Lipinski definition) is 0. The smallest absolute Gasteiger partial charge is 0.195 e. The normalized spacial score (nSPS) is 13.4. The summed E-state index contributed by atoms with van der Waals surface area (Å²) in [5.41, 5.74) is 1.13. The van der Waals surface area contributed by atoms with Gasteiger partial charge in [-0.2, -0.15) is 39.5 Å². The molecule has 0 bridgehead atoms. The van der Waals surface area contributed by atoms with E-state index in [1.54, 1.807) is 24.3 Å². The molecule has 0 heterocycles. The summed E-state index contributed by atoms with van der Waals surface area (Å²) in [6.45, 7) is 3.86. The Hall–Kier alpha value is -2.89. The minimum absolute atomic E-state index is 0.134. The molecular weight excluding hydrogens is 483 g/mol. The zero-order valence-corrected chi connectivity index (χ0v) is 18.9. The summed E-state index contributed by atoms with van der Waals surface area (Å²) in [5.74, 6) is -14.9. The van der Waals surface area contributed by atoms with E-state index < -0.39 is 35.6 Å². The molecule has 0 atom stereocenters. The van der Waals surface area contributed by atoms with Gasteiger partial charge in [-0.05, 0) is 41.7 Å². The second kappa shape index (κ2) is 10.8. The van der Waals surface area contributed by atoms with Gasteiger partial charge in [-0.15, -0.1) is 0 Å². The number of benzene rings is 2. The highest BCUT2D eigenvalue weighted by Gasteiger charge is 2.81. The predicted molar refractivity (Wildman–Crippen MR) is 117 cm³/mol. The van der Waals surface area contributed by atoms with E-state index >= 15 is 0 Å². The van der Waals surface area contributed by atoms with Crippen molar-refractivity contribution in [1.82, 2.24) is 0 Å². The lowest BCUT2D eigenvalue weighted by molar-refractivity contribution is -0.388. The van der Waals surface area contributed by atoms with Gasteiger partial charge in [-0.25, -0.2) is 0 Å². The van der Waals surface area contributed by atoms with Crippen LogP contribution in [-0.4, -0.2) is 23.9 Å². The average Bonchev–Trinajstić information content (AvgIpc) is 2.77. The molecule has 0 amide bonds. The van der Waals surface area contributed by atoms with E-state index in [1.165, 1.54) is 24.3 Å². The van der Waals surface area contributed by atoms with Gasteiger partial charge in [-0.3, -0.25) is 0 Å². The van der Waals surface area contributed by atoms with Gasteiger partial charge in [0, 0.05) is 17.2 Å². The molecule has 35 heavy (non-hydrogen) atoms. The molecule has 0 aliphatic heterocycles. The summed E-state index contributed by atoms with van der Waals surface area (Å²) in [6, 6.07) is 12.1. The van der Waals surface area contributed by atoms with Crippen LogP contribution in [0.25, 0.3) is 5.57 Å². The van der Waals surface area contributed by atoms with Crippen molar-refractivity contribution in [2.75, 3.05) is 0 Å². The number of halogens is 9. The summed E-state index contributed by atoms with van der Waals surface area (Å²) in [6.07, 6.45) is -4.48. The van der Waals surface area contributed by atoms with Crippen molar-refractivity contribution in [3.05, 3.63) is 76.9 Å². The fourth-order valence-electron chi connectivity index (χ4n) is 3.17. The van der Waals surface area contributed by atoms with Crippen molar-refractivity contribution in [2.24, 2.45) is 0 Å². The Morgan fingerprint density at radius 2 is 1.14 bits per heavy atom. The number of hydrogen-bond acceptors (Lipinski definition) is 0. The maximum Gasteiger partial charge on any atom is 0.460 e. The van der Waals surface area contributed by atoms with E-state index in [0.717, 1.165) is 30.4 Å². The predicted octanol–water partition coefficient (Wildman–Crippen LogP) is 8.49. The van der Waals surface area contributed by atoms with E-state index in [-0.39, 0.29) is 5.56 Å². The standard InChI is InChI=1S/C26H23F9/c1-3-5-18-7-9-20(10-8-18)13-16-22(21-14-11-19(6-4-2)12-15-21)17-23(27,28)24(29,30)25(31,32)26(33,34)35/h7-12,14-15,17H,3-6H2,1-2H3/b22-17-. The van der Waals surface area contributed by atoms with E-state index in [0.29, 0.717) is 12.0 Å². The highest BCUT2D eigenvalue weighted by Crippen LogP contribution is 2.53. The van der Waals surface area contributed by atoms with Crippen LogP contribution in [0.15, 0.2) is 54.6 Å². The second-order valence-electron chi connectivity index (χ2n) is 7.97. The van der Waals surface area contributed by atoms with Crippen LogP contribution in [0.3, 0.4) is 0 Å². The molecule has 0 fully saturated rings. The summed E-state index contributed by atoms with van der Waals surface area (Å²) < 4.78 is 121. The van der Waals surface area contributed by atoms with Crippen LogP contribution in [-0.2, 0) is 12.8 Å². The van der Waals surface area contributed by atoms with Crippen molar-refractivity contribution in [3.63, 3.8) is 0 Å². The summed E-state index contributed by atoms with van der Waals surface area (Å²) in [7, 11) is 0. The number of alkyl halides is 9. The average molecular weight is 506 g/mol. The number of rotatable bonds is 8. The third-order valence-corrected chi connectivity index (χ3v) is 5.13. The Morgan fingerprint density at radius 1 is 0.686 bits per heavy atom. The van der Waals surface area contributed by atoms with Crippen molar-refractivity contribution in [3.8, 4) is 11.8 Å². The van der Waals surface area contributed by atoms with Crippen molar-refractivity contribution in [1.29, 1.82) is 0 Å². The Morgan fingerprint density at radius 3 is 1.57 bits per heavy atom. The number of aryl methyl sites for hydroxylation is 2. The van der Waals surface area contributed by atoms with E-state index in [1.807, 2.05) is 13.8 Å². The van der Waals surface area contributed by atoms with Gasteiger partial charge in [0.15, 0.2) is 0 Å². The molecule has 2 rings (SSSR count). The van der Waals surface area contributed by atoms with E-state index in [4.69, 9.17) is 0 Å². The molecule has 9 heteroatoms. The SMILES string of the molecule is CCCc1ccc(C#C/C(=C/C(F)(F)C(F)(F)C(F)(F)C(F)(F)F)c2ccc(CCC)cc2)cc1. The topological polar surface area (TPSA) is 0 Å². The van der Waals surface area contributed by atoms with Gasteiger partial charge >= 0.3 is 23.9 Å². The molecule has 0 saturated carbocycles. The zero-order valence-electron chi connectivity index (χ0n) is 18.9. The van der Waals surface area contributed by atoms with Crippen LogP contribution in [0, 0.1) is 11.8 Å². The van der Waals surface area contributed by atoms with E-state index in [2.05, 4.69) is 11.8 Å². The lowest BCUT2D eigenvalue weighted by Crippen LogP contribution is -2.60. The first kappa shape index (κ1) is 28.3. The summed E-state index contributed by atoms with van der Waals surface area (Å²) >= 11 is 0. The molecule has 2 aromatic rings. The highest BCUT2D eigenvalue weighted by atomic mass is 19.4. The lowest BCUT2D eigenvalue weighted by atomic mass is 9.96. The van der Waals surface area contributed by atoms with Gasteiger partial charge < -0.3 is 0 Å². The number of allylic oxidation sites excluding steroid dienone is 2. The summed E-state index contributed by atoms with van der Waals surface area (Å²) in [5, 5.41) is 0. The van der Waals surface area contributed by atoms with E-state index in [9.17, 15) is 39.5 Å². The van der Waals surface area contributed by atoms with Crippen molar-refractivity contribution >= 4 is 5.57 Å². The van der Waals surface area contributed by atoms with Gasteiger partial charge in [-0.1, -0.05) is 74.9 Å². The van der Waals surface area contributed by atoms with Crippen LogP contribution in [0.4, 0.5) is 39.5 Å². The largest absolute Gasteiger partial charge is 0.460 e. The first-order valence-electron chi connectivity index (χ1n) is 10.8. The van der Waals surface area contributed by atoms with Crippen LogP contribution < -0.4 is 0 Å². The molecule has 0 spiro atoms. The Bertz CT molecular complexity index is 1070. The third-order valence-electron chi connectivity index (χ3n) is 5.13. The maximum absolute atomic E-state index is 14.4. The van der Waals surface area contributed by atoms with Crippen LogP contribution in [0.2, 0.25) is 0 Å². The van der Waals surface area contributed by atoms with Gasteiger partial charge in [0.2, 0.25) is 0 Å². The molecule has 0 aliphatic carbocycles. The molecule has 0 N–H and O–H groups in total. The molecule has 0 saturated heterocycles. The molecule has 0 aromatic heterocycles. The first-order valence-corrected chi connectivity index (χ1v) is 10.8. The van der Waals surface area contributed by atoms with Crippen LogP contribution in [0.1, 0.15) is 48.9 Å². The minimum Gasteiger partial charge on any atom is -0.195 e. The second-order valence-corrected chi connectivity index (χ2v) is 7.97. The molecular formula is C26H23F9. The minimum atomic E-state index is -6.97. The third kappa shape index (κ3) is 6.41. The Kier molecular flexibility index (Phi) is 8.75. The zero-order chi connectivity index (χ0) is 26.5. The van der Waals surface area contributed by atoms with Gasteiger partial charge in [0.25, 0.3) is 0 Å². The first-order chi connectivity index (χ1) is 16.2. The molecule has 2 aromatic carbocycles. The Labute approximate surface area is 197 Å². The monoisotopic (exact) mass is 506 g/mol. The maximum atomic E-state index is 14.4. The van der Waals surface area contributed by atoms with Gasteiger partial charge in [0.1, 0.15) is 0 Å². The molecule has 0 aliphatic rings. The van der Waals surface area contributed by atoms with Crippen molar-refractivity contribution < 1.29 is 39.5 Å². The van der Waals surface area contributed by atoms with Crippen molar-refractivity contribution in [2.45, 2.75) is 63.5 Å².